The molecule has 0 saturated heterocycles. The van der Waals surface area contributed by atoms with Crippen LogP contribution in [-0.4, -0.2) is 42.4 Å². The molecule has 3 aromatic rings. The molecule has 0 fully saturated rings. The van der Waals surface area contributed by atoms with Gasteiger partial charge in [-0.2, -0.15) is 24.4 Å². The second-order valence-corrected chi connectivity index (χ2v) is 15.3. The summed E-state index contributed by atoms with van der Waals surface area (Å²) in [5.41, 5.74) is 9.26. The molecule has 6 nitrogen and oxygen atoms in total. The number of ether oxygens (including phenoxy) is 2. The average Bonchev–Trinajstić information content (AvgIpc) is 2.99. The summed E-state index contributed by atoms with van der Waals surface area (Å²) >= 11 is 6.17. The number of benzene rings is 3. The van der Waals surface area contributed by atoms with Gasteiger partial charge in [-0.25, -0.2) is 0 Å². The number of thiol groups is 1. The Hall–Kier alpha value is -2.35. The van der Waals surface area contributed by atoms with Gasteiger partial charge in [-0.3, -0.25) is 9.59 Å². The van der Waals surface area contributed by atoms with Crippen LogP contribution in [0.5, 0.6) is 0 Å². The van der Waals surface area contributed by atoms with Crippen LogP contribution in [0.15, 0.2) is 42.5 Å². The summed E-state index contributed by atoms with van der Waals surface area (Å²) in [5, 5.41) is 9.21. The summed E-state index contributed by atoms with van der Waals surface area (Å²) < 4.78 is 25.3. The highest BCUT2D eigenvalue weighted by Crippen LogP contribution is 2.53. The fourth-order valence-corrected chi connectivity index (χ4v) is 10.1. The lowest BCUT2D eigenvalue weighted by Crippen LogP contribution is -2.19. The standard InChI is InChI=1S/C35H45O6PS2/c1-23-17-25(3)32(21-44-16-13-33(37)41-15-10-14-40-22-36)27(5)30(23)19-42(39,29-11-8-7-9-12-29)35(38)34-26(4)18-24(2)31(20-43)28(34)6/h7-9,11-12,17-18,36,43H,10,13-16,19-22H2,1-6H3. The maximum absolute atomic E-state index is 15.2. The van der Waals surface area contributed by atoms with Crippen molar-refractivity contribution in [2.75, 3.05) is 25.8 Å². The second kappa shape index (κ2) is 16.8. The number of carbonyl (C=O) groups is 2. The van der Waals surface area contributed by atoms with E-state index in [0.29, 0.717) is 47.6 Å². The molecule has 0 aliphatic rings. The molecule has 3 aromatic carbocycles. The van der Waals surface area contributed by atoms with Gasteiger partial charge in [-0.1, -0.05) is 42.5 Å². The molecule has 0 spiro atoms. The van der Waals surface area contributed by atoms with Gasteiger partial charge in [-0.05, 0) is 91.6 Å². The van der Waals surface area contributed by atoms with E-state index in [4.69, 9.17) is 14.6 Å². The summed E-state index contributed by atoms with van der Waals surface area (Å²) in [4.78, 5) is 26.6. The average molecular weight is 657 g/mol. The molecule has 9 heteroatoms. The van der Waals surface area contributed by atoms with Gasteiger partial charge in [0.1, 0.15) is 6.79 Å². The number of rotatable bonds is 16. The summed E-state index contributed by atoms with van der Waals surface area (Å²) in [5.74, 6) is 1.54. The molecule has 1 atom stereocenters. The zero-order chi connectivity index (χ0) is 32.4. The molecule has 0 heterocycles. The maximum Gasteiger partial charge on any atom is 0.306 e. The fraction of sp³-hybridized carbons (Fsp3) is 0.429. The van der Waals surface area contributed by atoms with Crippen molar-refractivity contribution >= 4 is 48.3 Å². The number of thioether (sulfide) groups is 1. The minimum Gasteiger partial charge on any atom is -0.466 e. The van der Waals surface area contributed by atoms with Crippen LogP contribution in [0.1, 0.15) is 73.3 Å². The highest BCUT2D eigenvalue weighted by molar-refractivity contribution is 7.98. The summed E-state index contributed by atoms with van der Waals surface area (Å²) in [7, 11) is -3.61. The van der Waals surface area contributed by atoms with E-state index in [9.17, 15) is 9.59 Å². The SMILES string of the molecule is Cc1cc(C)c(CP(=O)(C(=O)c2c(C)cc(C)c(CS)c2C)c2ccccc2)c(C)c1CSCCC(=O)OCCCOCO. The van der Waals surface area contributed by atoms with Crippen molar-refractivity contribution in [2.24, 2.45) is 0 Å². The Labute approximate surface area is 272 Å². The van der Waals surface area contributed by atoms with Crippen LogP contribution in [0, 0.1) is 41.5 Å². The first kappa shape index (κ1) is 36.1. The lowest BCUT2D eigenvalue weighted by Gasteiger charge is -2.25. The van der Waals surface area contributed by atoms with Gasteiger partial charge in [0.05, 0.1) is 19.6 Å². The molecule has 1 unspecified atom stereocenters. The maximum atomic E-state index is 15.2. The van der Waals surface area contributed by atoms with E-state index in [1.54, 1.807) is 11.8 Å². The summed E-state index contributed by atoms with van der Waals surface area (Å²) in [6.45, 7) is 12.3. The first-order valence-electron chi connectivity index (χ1n) is 14.9. The molecule has 1 N–H and O–H groups in total. The molecule has 0 radical (unpaired) electrons. The van der Waals surface area contributed by atoms with E-state index in [1.807, 2.05) is 64.1 Å². The van der Waals surface area contributed by atoms with Crippen LogP contribution >= 0.6 is 31.5 Å². The van der Waals surface area contributed by atoms with Gasteiger partial charge in [0.25, 0.3) is 0 Å². The van der Waals surface area contributed by atoms with Crippen molar-refractivity contribution in [1.29, 1.82) is 0 Å². The second-order valence-electron chi connectivity index (χ2n) is 11.2. The number of carbonyl (C=O) groups excluding carboxylic acids is 2. The molecule has 238 valence electrons. The van der Waals surface area contributed by atoms with Crippen molar-refractivity contribution in [3.63, 3.8) is 0 Å². The number of aliphatic hydroxyl groups excluding tert-OH is 1. The van der Waals surface area contributed by atoms with E-state index < -0.39 is 7.14 Å². The van der Waals surface area contributed by atoms with Gasteiger partial charge < -0.3 is 19.1 Å². The van der Waals surface area contributed by atoms with E-state index >= 15 is 4.57 Å². The third-order valence-electron chi connectivity index (χ3n) is 8.16. The topological polar surface area (TPSA) is 89.9 Å². The van der Waals surface area contributed by atoms with Gasteiger partial charge >= 0.3 is 5.97 Å². The Balaban J connectivity index is 1.90. The smallest absolute Gasteiger partial charge is 0.306 e. The van der Waals surface area contributed by atoms with Crippen LogP contribution in [0.25, 0.3) is 0 Å². The van der Waals surface area contributed by atoms with E-state index in [1.165, 1.54) is 0 Å². The number of aliphatic hydroxyl groups is 1. The molecule has 0 aliphatic carbocycles. The molecule has 0 saturated carbocycles. The van der Waals surface area contributed by atoms with Crippen molar-refractivity contribution < 1.29 is 28.7 Å². The minimum atomic E-state index is -3.61. The van der Waals surface area contributed by atoms with E-state index in [-0.39, 0.29) is 31.1 Å². The summed E-state index contributed by atoms with van der Waals surface area (Å²) in [6.07, 6.45) is 0.975. The first-order chi connectivity index (χ1) is 21.0. The zero-order valence-electron chi connectivity index (χ0n) is 26.7. The Kier molecular flexibility index (Phi) is 13.8. The van der Waals surface area contributed by atoms with Crippen LogP contribution < -0.4 is 5.30 Å². The Bertz CT molecular complexity index is 1520. The number of esters is 1. The molecule has 0 aromatic heterocycles. The Morgan fingerprint density at radius 3 is 2.16 bits per heavy atom. The molecule has 0 bridgehead atoms. The normalized spacial score (nSPS) is 12.6. The third kappa shape index (κ3) is 8.67. The highest BCUT2D eigenvalue weighted by atomic mass is 32.2. The van der Waals surface area contributed by atoms with E-state index in [2.05, 4.69) is 32.5 Å². The Morgan fingerprint density at radius 1 is 0.864 bits per heavy atom. The van der Waals surface area contributed by atoms with Gasteiger partial charge in [0, 0.05) is 40.7 Å². The monoisotopic (exact) mass is 656 g/mol. The minimum absolute atomic E-state index is 0.140. The predicted octanol–water partition coefficient (Wildman–Crippen LogP) is 7.52. The van der Waals surface area contributed by atoms with Crippen LogP contribution in [0.4, 0.5) is 0 Å². The van der Waals surface area contributed by atoms with Crippen molar-refractivity contribution in [3.05, 3.63) is 98.1 Å². The quantitative estimate of drug-likeness (QED) is 0.0542. The van der Waals surface area contributed by atoms with Gasteiger partial charge in [0.2, 0.25) is 5.52 Å². The van der Waals surface area contributed by atoms with Crippen LogP contribution in [0.3, 0.4) is 0 Å². The van der Waals surface area contributed by atoms with Gasteiger partial charge in [0.15, 0.2) is 7.14 Å². The third-order valence-corrected chi connectivity index (χ3v) is 12.2. The number of hydrogen-bond acceptors (Lipinski definition) is 8. The van der Waals surface area contributed by atoms with Crippen LogP contribution in [-0.2, 0) is 36.5 Å². The van der Waals surface area contributed by atoms with Crippen LogP contribution in [0.2, 0.25) is 0 Å². The lowest BCUT2D eigenvalue weighted by atomic mass is 9.95. The number of aryl methyl sites for hydroxylation is 4. The lowest BCUT2D eigenvalue weighted by molar-refractivity contribution is -0.143. The Morgan fingerprint density at radius 2 is 1.50 bits per heavy atom. The molecular weight excluding hydrogens is 611 g/mol. The largest absolute Gasteiger partial charge is 0.466 e. The molecule has 44 heavy (non-hydrogen) atoms. The summed E-state index contributed by atoms with van der Waals surface area (Å²) in [6, 6.07) is 13.3. The molecule has 0 aliphatic heterocycles. The molecular formula is C35H45O6PS2. The molecule has 3 rings (SSSR count). The fourth-order valence-electron chi connectivity index (χ4n) is 5.70. The van der Waals surface area contributed by atoms with Crippen molar-refractivity contribution in [2.45, 2.75) is 72.1 Å². The highest BCUT2D eigenvalue weighted by Gasteiger charge is 2.38. The number of hydrogen-bond donors (Lipinski definition) is 2. The van der Waals surface area contributed by atoms with E-state index in [0.717, 1.165) is 50.1 Å². The predicted molar refractivity (Wildman–Crippen MR) is 185 cm³/mol. The van der Waals surface area contributed by atoms with Crippen molar-refractivity contribution in [1.82, 2.24) is 0 Å². The van der Waals surface area contributed by atoms with Gasteiger partial charge in [-0.15, -0.1) is 0 Å². The zero-order valence-corrected chi connectivity index (χ0v) is 29.3. The molecule has 0 amide bonds. The first-order valence-corrected chi connectivity index (χ1v) is 18.5. The van der Waals surface area contributed by atoms with Crippen molar-refractivity contribution in [3.8, 4) is 0 Å².